The van der Waals surface area contributed by atoms with Crippen LogP contribution in [-0.4, -0.2) is 90.3 Å². The number of alkyl carbamates (subject to hydrolysis) is 1. The van der Waals surface area contributed by atoms with E-state index < -0.39 is 35.3 Å². The Morgan fingerprint density at radius 3 is 2.16 bits per heavy atom. The van der Waals surface area contributed by atoms with E-state index in [4.69, 9.17) is 24.1 Å². The number of rotatable bonds is 12. The highest BCUT2D eigenvalue weighted by Crippen LogP contribution is 2.31. The second kappa shape index (κ2) is 15.0. The zero-order chi connectivity index (χ0) is 28.3. The molecule has 0 spiro atoms. The molecule has 2 aliphatic rings. The Morgan fingerprint density at radius 2 is 1.55 bits per heavy atom. The molecule has 1 saturated carbocycles. The van der Waals surface area contributed by atoms with Gasteiger partial charge in [0, 0.05) is 39.4 Å². The molecule has 1 aliphatic carbocycles. The van der Waals surface area contributed by atoms with E-state index in [0.717, 1.165) is 32.1 Å². The lowest BCUT2D eigenvalue weighted by molar-refractivity contribution is -0.163. The molecule has 2 fully saturated rings. The van der Waals surface area contributed by atoms with E-state index in [1.54, 1.807) is 41.5 Å². The Labute approximate surface area is 228 Å². The smallest absolute Gasteiger partial charge is 0.408 e. The number of likely N-dealkylation sites (tertiary alicyclic amines) is 1. The number of nitrogens with zero attached hydrogens (tertiary/aromatic N) is 1. The molecule has 0 aromatic carbocycles. The van der Waals surface area contributed by atoms with E-state index in [9.17, 15) is 14.4 Å². The number of nitrogens with one attached hydrogen (secondary N) is 1. The topological polar surface area (TPSA) is 124 Å². The summed E-state index contributed by atoms with van der Waals surface area (Å²) in [4.78, 5) is 41.4. The summed E-state index contributed by atoms with van der Waals surface area (Å²) in [6.45, 7) is 12.5. The average Bonchev–Trinajstić information content (AvgIpc) is 3.24. The van der Waals surface area contributed by atoms with E-state index in [1.165, 1.54) is 4.90 Å². The summed E-state index contributed by atoms with van der Waals surface area (Å²) in [5, 5.41) is 11.7. The number of esters is 1. The van der Waals surface area contributed by atoms with E-state index in [1.807, 2.05) is 0 Å². The Bertz CT molecular complexity index is 755. The molecule has 1 heterocycles. The average molecular weight is 543 g/mol. The van der Waals surface area contributed by atoms with Crippen molar-refractivity contribution in [3.8, 4) is 0 Å². The van der Waals surface area contributed by atoms with Crippen molar-refractivity contribution < 1.29 is 38.4 Å². The summed E-state index contributed by atoms with van der Waals surface area (Å²) < 4.78 is 22.6. The highest BCUT2D eigenvalue weighted by Gasteiger charge is 2.46. The molecular weight excluding hydrogens is 492 g/mol. The predicted molar refractivity (Wildman–Crippen MR) is 143 cm³/mol. The molecule has 10 heteroatoms. The molecule has 2 N–H and O–H groups in total. The van der Waals surface area contributed by atoms with Gasteiger partial charge in [-0.05, 0) is 73.1 Å². The van der Waals surface area contributed by atoms with Crippen molar-refractivity contribution in [2.75, 3.05) is 33.0 Å². The molecule has 2 amide bonds. The molecule has 220 valence electrons. The molecule has 1 aliphatic heterocycles. The SMILES string of the molecule is CC(C)(C)OC(=O)N[C@H](C(=O)N1C[C@H](OCCCOCCCO)C[C@H]1C(=O)OC(C)(C)C)C1CCCCC1. The molecule has 0 aromatic rings. The Kier molecular flexibility index (Phi) is 12.8. The summed E-state index contributed by atoms with van der Waals surface area (Å²) in [5.74, 6) is -0.792. The van der Waals surface area contributed by atoms with Crippen molar-refractivity contribution in [3.05, 3.63) is 0 Å². The fourth-order valence-corrected chi connectivity index (χ4v) is 4.90. The second-order valence-electron chi connectivity index (χ2n) is 12.3. The summed E-state index contributed by atoms with van der Waals surface area (Å²) in [6.07, 6.45) is 5.36. The Morgan fingerprint density at radius 1 is 0.921 bits per heavy atom. The molecule has 10 nitrogen and oxygen atoms in total. The number of aliphatic hydroxyl groups is 1. The van der Waals surface area contributed by atoms with E-state index in [-0.39, 0.29) is 31.1 Å². The maximum Gasteiger partial charge on any atom is 0.408 e. The maximum atomic E-state index is 14.0. The third-order valence-corrected chi connectivity index (χ3v) is 6.52. The molecule has 3 atom stereocenters. The van der Waals surface area contributed by atoms with E-state index in [0.29, 0.717) is 39.1 Å². The van der Waals surface area contributed by atoms with Crippen LogP contribution in [0.25, 0.3) is 0 Å². The highest BCUT2D eigenvalue weighted by atomic mass is 16.6. The number of aliphatic hydroxyl groups excluding tert-OH is 1. The van der Waals surface area contributed by atoms with Gasteiger partial charge >= 0.3 is 12.1 Å². The van der Waals surface area contributed by atoms with Crippen LogP contribution in [-0.2, 0) is 28.5 Å². The highest BCUT2D eigenvalue weighted by molar-refractivity contribution is 5.90. The second-order valence-corrected chi connectivity index (χ2v) is 12.3. The first-order chi connectivity index (χ1) is 17.8. The standard InChI is InChI=1S/C28H50N2O8/c1-27(2,3)37-25(33)22-18-21(36-17-11-16-35-15-10-14-31)19-30(22)24(32)23(20-12-8-7-9-13-20)29-26(34)38-28(4,5)6/h20-23,31H,7-19H2,1-6H3,(H,29,34)/t21-,22+,23+/m1/s1. The van der Waals surface area contributed by atoms with E-state index >= 15 is 0 Å². The molecule has 1 saturated heterocycles. The number of hydrogen-bond donors (Lipinski definition) is 2. The van der Waals surface area contributed by atoms with Crippen LogP contribution in [0.2, 0.25) is 0 Å². The van der Waals surface area contributed by atoms with Crippen LogP contribution in [0.15, 0.2) is 0 Å². The third kappa shape index (κ3) is 11.5. The van der Waals surface area contributed by atoms with Crippen LogP contribution in [0.3, 0.4) is 0 Å². The van der Waals surface area contributed by atoms with Crippen molar-refractivity contribution in [1.82, 2.24) is 10.2 Å². The normalized spacial score (nSPS) is 21.7. The van der Waals surface area contributed by atoms with Crippen LogP contribution in [0.4, 0.5) is 4.79 Å². The van der Waals surface area contributed by atoms with Gasteiger partial charge in [-0.1, -0.05) is 19.3 Å². The zero-order valence-corrected chi connectivity index (χ0v) is 24.3. The Hall–Kier alpha value is -1.91. The number of ether oxygens (including phenoxy) is 4. The van der Waals surface area contributed by atoms with Gasteiger partial charge in [0.1, 0.15) is 23.3 Å². The fraction of sp³-hybridized carbons (Fsp3) is 0.893. The van der Waals surface area contributed by atoms with Crippen molar-refractivity contribution in [2.24, 2.45) is 5.92 Å². The van der Waals surface area contributed by atoms with Gasteiger partial charge in [0.25, 0.3) is 0 Å². The van der Waals surface area contributed by atoms with Gasteiger partial charge in [-0.3, -0.25) is 4.79 Å². The number of amides is 2. The third-order valence-electron chi connectivity index (χ3n) is 6.52. The van der Waals surface area contributed by atoms with Crippen molar-refractivity contribution in [2.45, 2.75) is 122 Å². The minimum absolute atomic E-state index is 0.0286. The summed E-state index contributed by atoms with van der Waals surface area (Å²) in [5.41, 5.74) is -1.40. The molecule has 38 heavy (non-hydrogen) atoms. The van der Waals surface area contributed by atoms with Gasteiger partial charge in [0.2, 0.25) is 5.91 Å². The minimum atomic E-state index is -0.793. The van der Waals surface area contributed by atoms with Crippen LogP contribution < -0.4 is 5.32 Å². The van der Waals surface area contributed by atoms with Gasteiger partial charge in [0.05, 0.1) is 6.10 Å². The van der Waals surface area contributed by atoms with Crippen molar-refractivity contribution >= 4 is 18.0 Å². The lowest BCUT2D eigenvalue weighted by Gasteiger charge is -2.35. The first kappa shape index (κ1) is 32.3. The summed E-state index contributed by atoms with van der Waals surface area (Å²) in [7, 11) is 0. The van der Waals surface area contributed by atoms with Crippen LogP contribution >= 0.6 is 0 Å². The molecule has 0 bridgehead atoms. The first-order valence-electron chi connectivity index (χ1n) is 14.1. The van der Waals surface area contributed by atoms with Crippen LogP contribution in [0, 0.1) is 5.92 Å². The summed E-state index contributed by atoms with van der Waals surface area (Å²) >= 11 is 0. The van der Waals surface area contributed by atoms with Gasteiger partial charge in [-0.2, -0.15) is 0 Å². The molecule has 0 radical (unpaired) electrons. The molecule has 0 unspecified atom stereocenters. The van der Waals surface area contributed by atoms with Crippen molar-refractivity contribution in [1.29, 1.82) is 0 Å². The van der Waals surface area contributed by atoms with Gasteiger partial charge in [-0.15, -0.1) is 0 Å². The first-order valence-corrected chi connectivity index (χ1v) is 14.1. The maximum absolute atomic E-state index is 14.0. The predicted octanol–water partition coefficient (Wildman–Crippen LogP) is 3.58. The quantitative estimate of drug-likeness (QED) is 0.283. The minimum Gasteiger partial charge on any atom is -0.458 e. The van der Waals surface area contributed by atoms with E-state index in [2.05, 4.69) is 5.32 Å². The largest absolute Gasteiger partial charge is 0.458 e. The van der Waals surface area contributed by atoms with Gasteiger partial charge < -0.3 is 34.3 Å². The number of carbonyl (C=O) groups is 3. The van der Waals surface area contributed by atoms with Crippen LogP contribution in [0.1, 0.15) is 92.9 Å². The lowest BCUT2D eigenvalue weighted by atomic mass is 9.83. The van der Waals surface area contributed by atoms with Crippen molar-refractivity contribution in [3.63, 3.8) is 0 Å². The summed E-state index contributed by atoms with van der Waals surface area (Å²) in [6, 6.07) is -1.58. The fourth-order valence-electron chi connectivity index (χ4n) is 4.90. The Balaban J connectivity index is 2.14. The molecular formula is C28H50N2O8. The zero-order valence-electron chi connectivity index (χ0n) is 24.3. The molecule has 2 rings (SSSR count). The van der Waals surface area contributed by atoms with Crippen LogP contribution in [0.5, 0.6) is 0 Å². The monoisotopic (exact) mass is 542 g/mol. The number of carbonyl (C=O) groups excluding carboxylic acids is 3. The van der Waals surface area contributed by atoms with Gasteiger partial charge in [0.15, 0.2) is 0 Å². The lowest BCUT2D eigenvalue weighted by Crippen LogP contribution is -2.56. The number of hydrogen-bond acceptors (Lipinski definition) is 8. The van der Waals surface area contributed by atoms with Gasteiger partial charge in [-0.25, -0.2) is 9.59 Å². The molecule has 0 aromatic heterocycles.